The minimum atomic E-state index is -0.449. The quantitative estimate of drug-likeness (QED) is 0.436. The zero-order chi connectivity index (χ0) is 17.8. The van der Waals surface area contributed by atoms with Gasteiger partial charge in [-0.15, -0.1) is 0 Å². The molecule has 2 rings (SSSR count). The number of hydrogen-bond donors (Lipinski definition) is 0. The molecule has 5 nitrogen and oxygen atoms in total. The Hall–Kier alpha value is -1.53. The fourth-order valence-corrected chi connectivity index (χ4v) is 2.24. The van der Waals surface area contributed by atoms with E-state index in [0.29, 0.717) is 12.4 Å². The summed E-state index contributed by atoms with van der Waals surface area (Å²) in [5.74, 6) is 0.235. The molecule has 6 heteroatoms. The smallest absolute Gasteiger partial charge is 0.482 e. The van der Waals surface area contributed by atoms with Gasteiger partial charge in [-0.05, 0) is 51.7 Å². The van der Waals surface area contributed by atoms with E-state index in [1.807, 2.05) is 52.8 Å². The van der Waals surface area contributed by atoms with E-state index in [0.717, 1.165) is 18.3 Å². The van der Waals surface area contributed by atoms with Gasteiger partial charge in [0, 0.05) is 0 Å². The highest BCUT2D eigenvalue weighted by molar-refractivity contribution is 6.62. The molecule has 1 aliphatic rings. The molecule has 1 saturated heterocycles. The zero-order valence-electron chi connectivity index (χ0n) is 15.3. The summed E-state index contributed by atoms with van der Waals surface area (Å²) in [4.78, 5) is 11.6. The highest BCUT2D eigenvalue weighted by Gasteiger charge is 2.51. The van der Waals surface area contributed by atoms with Crippen LogP contribution in [-0.4, -0.2) is 37.5 Å². The third kappa shape index (κ3) is 4.51. The maximum Gasteiger partial charge on any atom is 0.494 e. The lowest BCUT2D eigenvalue weighted by molar-refractivity contribution is -0.146. The van der Waals surface area contributed by atoms with E-state index < -0.39 is 18.3 Å². The van der Waals surface area contributed by atoms with E-state index in [1.165, 1.54) is 0 Å². The number of ether oxygens (including phenoxy) is 2. The van der Waals surface area contributed by atoms with Gasteiger partial charge < -0.3 is 18.8 Å². The Morgan fingerprint density at radius 2 is 1.83 bits per heavy atom. The average Bonchev–Trinajstić information content (AvgIpc) is 2.74. The largest absolute Gasteiger partial charge is 0.494 e. The molecule has 132 valence electrons. The van der Waals surface area contributed by atoms with Crippen LogP contribution in [0.3, 0.4) is 0 Å². The second-order valence-corrected chi connectivity index (χ2v) is 7.02. The van der Waals surface area contributed by atoms with Crippen molar-refractivity contribution in [2.75, 3.05) is 13.2 Å². The molecule has 0 aliphatic carbocycles. The molecule has 1 aliphatic heterocycles. The number of carbonyl (C=O) groups is 1. The topological polar surface area (TPSA) is 54.0 Å². The van der Waals surface area contributed by atoms with Crippen LogP contribution in [0.25, 0.3) is 0 Å². The Morgan fingerprint density at radius 3 is 2.46 bits per heavy atom. The first kappa shape index (κ1) is 18.8. The molecule has 0 spiro atoms. The standard InChI is InChI=1S/C18H27BO5/c1-6-7-11-21-16(20)13-22-15-10-8-9-14(12-15)19-23-17(2,3)18(4,5)24-19/h8-10,12H,6-7,11,13H2,1-5H3. The van der Waals surface area contributed by atoms with Crippen molar-refractivity contribution in [3.05, 3.63) is 24.3 Å². The van der Waals surface area contributed by atoms with Gasteiger partial charge in [0.2, 0.25) is 0 Å². The third-order valence-corrected chi connectivity index (χ3v) is 4.50. The molecule has 1 heterocycles. The number of unbranched alkanes of at least 4 members (excludes halogenated alkanes) is 1. The Labute approximate surface area is 144 Å². The maximum atomic E-state index is 11.6. The molecule has 0 unspecified atom stereocenters. The van der Waals surface area contributed by atoms with Gasteiger partial charge in [0.15, 0.2) is 6.61 Å². The summed E-state index contributed by atoms with van der Waals surface area (Å²) < 4.78 is 22.6. The molecular weight excluding hydrogens is 307 g/mol. The number of benzene rings is 1. The van der Waals surface area contributed by atoms with Gasteiger partial charge in [-0.2, -0.15) is 0 Å². The second-order valence-electron chi connectivity index (χ2n) is 7.02. The van der Waals surface area contributed by atoms with E-state index in [1.54, 1.807) is 6.07 Å². The fourth-order valence-electron chi connectivity index (χ4n) is 2.24. The van der Waals surface area contributed by atoms with Crippen molar-refractivity contribution in [3.8, 4) is 5.75 Å². The lowest BCUT2D eigenvalue weighted by atomic mass is 9.79. The van der Waals surface area contributed by atoms with Crippen molar-refractivity contribution in [2.24, 2.45) is 0 Å². The number of carbonyl (C=O) groups excluding carboxylic acids is 1. The van der Waals surface area contributed by atoms with Gasteiger partial charge in [-0.1, -0.05) is 25.5 Å². The van der Waals surface area contributed by atoms with E-state index in [-0.39, 0.29) is 12.6 Å². The molecule has 24 heavy (non-hydrogen) atoms. The zero-order valence-corrected chi connectivity index (χ0v) is 15.3. The van der Waals surface area contributed by atoms with Crippen molar-refractivity contribution < 1.29 is 23.6 Å². The van der Waals surface area contributed by atoms with Crippen LogP contribution in [0, 0.1) is 0 Å². The van der Waals surface area contributed by atoms with E-state index in [4.69, 9.17) is 18.8 Å². The molecule has 1 fully saturated rings. The first-order chi connectivity index (χ1) is 11.2. The van der Waals surface area contributed by atoms with Crippen molar-refractivity contribution in [2.45, 2.75) is 58.7 Å². The van der Waals surface area contributed by atoms with Crippen LogP contribution in [0.1, 0.15) is 47.5 Å². The predicted octanol–water partition coefficient (Wildman–Crippen LogP) is 2.71. The van der Waals surface area contributed by atoms with Gasteiger partial charge in [0.05, 0.1) is 17.8 Å². The Balaban J connectivity index is 1.94. The van der Waals surface area contributed by atoms with Crippen molar-refractivity contribution in [1.82, 2.24) is 0 Å². The molecule has 0 bridgehead atoms. The van der Waals surface area contributed by atoms with Gasteiger partial charge in [0.25, 0.3) is 0 Å². The van der Waals surface area contributed by atoms with Crippen LogP contribution in [0.5, 0.6) is 5.75 Å². The molecule has 1 aromatic carbocycles. The molecule has 0 aromatic heterocycles. The Kier molecular flexibility index (Phi) is 5.94. The number of hydrogen-bond acceptors (Lipinski definition) is 5. The predicted molar refractivity (Wildman–Crippen MR) is 93.5 cm³/mol. The highest BCUT2D eigenvalue weighted by Crippen LogP contribution is 2.36. The minimum absolute atomic E-state index is 0.101. The fraction of sp³-hybridized carbons (Fsp3) is 0.611. The lowest BCUT2D eigenvalue weighted by Crippen LogP contribution is -2.41. The molecular formula is C18H27BO5. The summed E-state index contributed by atoms with van der Waals surface area (Å²) in [5.41, 5.74) is 0.0837. The van der Waals surface area contributed by atoms with E-state index in [9.17, 15) is 4.79 Å². The summed E-state index contributed by atoms with van der Waals surface area (Å²) in [7, 11) is -0.449. The van der Waals surface area contributed by atoms with Crippen LogP contribution in [0.4, 0.5) is 0 Å². The van der Waals surface area contributed by atoms with Gasteiger partial charge in [-0.3, -0.25) is 0 Å². The second kappa shape index (κ2) is 7.57. The highest BCUT2D eigenvalue weighted by atomic mass is 16.7. The van der Waals surface area contributed by atoms with Crippen molar-refractivity contribution in [3.63, 3.8) is 0 Å². The summed E-state index contributed by atoms with van der Waals surface area (Å²) in [6.45, 7) is 10.4. The van der Waals surface area contributed by atoms with Crippen LogP contribution >= 0.6 is 0 Å². The molecule has 0 N–H and O–H groups in total. The van der Waals surface area contributed by atoms with Gasteiger partial charge in [-0.25, -0.2) is 4.79 Å². The number of esters is 1. The summed E-state index contributed by atoms with van der Waals surface area (Å²) >= 11 is 0. The summed E-state index contributed by atoms with van der Waals surface area (Å²) in [6.07, 6.45) is 1.85. The van der Waals surface area contributed by atoms with Crippen LogP contribution < -0.4 is 10.2 Å². The Morgan fingerprint density at radius 1 is 1.17 bits per heavy atom. The number of rotatable bonds is 7. The Bertz CT molecular complexity index is 554. The summed E-state index contributed by atoms with van der Waals surface area (Å²) in [6, 6.07) is 7.42. The van der Waals surface area contributed by atoms with Crippen LogP contribution in [-0.2, 0) is 18.8 Å². The third-order valence-electron chi connectivity index (χ3n) is 4.50. The average molecular weight is 334 g/mol. The van der Waals surface area contributed by atoms with Gasteiger partial charge >= 0.3 is 13.1 Å². The molecule has 0 saturated carbocycles. The first-order valence-electron chi connectivity index (χ1n) is 8.49. The van der Waals surface area contributed by atoms with Crippen molar-refractivity contribution >= 4 is 18.6 Å². The summed E-state index contributed by atoms with van der Waals surface area (Å²) in [5, 5.41) is 0. The molecule has 0 radical (unpaired) electrons. The molecule has 1 aromatic rings. The van der Waals surface area contributed by atoms with Crippen LogP contribution in [0.2, 0.25) is 0 Å². The van der Waals surface area contributed by atoms with Crippen LogP contribution in [0.15, 0.2) is 24.3 Å². The minimum Gasteiger partial charge on any atom is -0.482 e. The normalized spacial score (nSPS) is 18.5. The monoisotopic (exact) mass is 334 g/mol. The first-order valence-corrected chi connectivity index (χ1v) is 8.49. The lowest BCUT2D eigenvalue weighted by Gasteiger charge is -2.32. The van der Waals surface area contributed by atoms with E-state index >= 15 is 0 Å². The maximum absolute atomic E-state index is 11.6. The SMILES string of the molecule is CCCCOC(=O)COc1cccc(B2OC(C)(C)C(C)(C)O2)c1. The van der Waals surface area contributed by atoms with E-state index in [2.05, 4.69) is 0 Å². The molecule has 0 atom stereocenters. The van der Waals surface area contributed by atoms with Crippen molar-refractivity contribution in [1.29, 1.82) is 0 Å². The molecule has 0 amide bonds. The van der Waals surface area contributed by atoms with Gasteiger partial charge in [0.1, 0.15) is 5.75 Å².